The lowest BCUT2D eigenvalue weighted by molar-refractivity contribution is -0.187. The Hall–Kier alpha value is -2.98. The van der Waals surface area contributed by atoms with Crippen LogP contribution >= 0.6 is 0 Å². The van der Waals surface area contributed by atoms with Crippen molar-refractivity contribution < 1.29 is 32.3 Å². The first-order valence-corrected chi connectivity index (χ1v) is 13.4. The van der Waals surface area contributed by atoms with Gasteiger partial charge in [-0.1, -0.05) is 12.8 Å². The number of benzene rings is 1. The molecule has 1 N–H and O–H groups in total. The fourth-order valence-electron chi connectivity index (χ4n) is 4.91. The molecule has 1 aliphatic carbocycles. The molecule has 1 atom stereocenters. The van der Waals surface area contributed by atoms with Crippen LogP contribution in [0.2, 0.25) is 0 Å². The lowest BCUT2D eigenvalue weighted by atomic mass is 10.0. The van der Waals surface area contributed by atoms with Crippen LogP contribution < -0.4 is 10.2 Å². The Kier molecular flexibility index (Phi) is 8.13. The third-order valence-electron chi connectivity index (χ3n) is 7.06. The van der Waals surface area contributed by atoms with Crippen LogP contribution in [0, 0.1) is 5.92 Å². The molecule has 8 nitrogen and oxygen atoms in total. The van der Waals surface area contributed by atoms with Crippen LogP contribution in [0.3, 0.4) is 0 Å². The summed E-state index contributed by atoms with van der Waals surface area (Å²) in [7, 11) is 0. The lowest BCUT2D eigenvalue weighted by Gasteiger charge is -2.42. The minimum atomic E-state index is -4.74. The Morgan fingerprint density at radius 2 is 1.61 bits per heavy atom. The third-order valence-corrected chi connectivity index (χ3v) is 7.06. The number of amides is 3. The van der Waals surface area contributed by atoms with E-state index in [-0.39, 0.29) is 30.5 Å². The van der Waals surface area contributed by atoms with Gasteiger partial charge >= 0.3 is 12.3 Å². The number of rotatable bonds is 4. The smallest absolute Gasteiger partial charge is 0.410 e. The molecule has 1 aromatic carbocycles. The van der Waals surface area contributed by atoms with Crippen LogP contribution in [0.1, 0.15) is 69.7 Å². The molecule has 0 aromatic heterocycles. The predicted octanol–water partition coefficient (Wildman–Crippen LogP) is 5.04. The fourth-order valence-corrected chi connectivity index (χ4v) is 4.91. The summed E-state index contributed by atoms with van der Waals surface area (Å²) in [6.07, 6.45) is 0.0154. The molecule has 1 aromatic rings. The van der Waals surface area contributed by atoms with Crippen molar-refractivity contribution in [1.82, 2.24) is 9.80 Å². The van der Waals surface area contributed by atoms with Crippen molar-refractivity contribution in [2.45, 2.75) is 77.1 Å². The zero-order chi connectivity index (χ0) is 27.7. The zero-order valence-electron chi connectivity index (χ0n) is 22.3. The molecule has 3 fully saturated rings. The highest BCUT2D eigenvalue weighted by atomic mass is 19.4. The minimum absolute atomic E-state index is 0.00763. The number of ether oxygens (including phenoxy) is 1. The van der Waals surface area contributed by atoms with E-state index < -0.39 is 36.4 Å². The first-order valence-electron chi connectivity index (χ1n) is 13.4. The normalized spacial score (nSPS) is 21.1. The van der Waals surface area contributed by atoms with E-state index in [0.29, 0.717) is 24.5 Å². The van der Waals surface area contributed by atoms with E-state index in [1.165, 1.54) is 6.07 Å². The first kappa shape index (κ1) is 28.0. The van der Waals surface area contributed by atoms with E-state index in [1.54, 1.807) is 32.9 Å². The number of carbonyl (C=O) groups excluding carboxylic acids is 3. The number of nitrogens with zero attached hydrogens (tertiary/aromatic N) is 3. The Bertz CT molecular complexity index is 1040. The quantitative estimate of drug-likeness (QED) is 0.581. The third kappa shape index (κ3) is 6.91. The van der Waals surface area contributed by atoms with E-state index in [0.717, 1.165) is 48.3 Å². The van der Waals surface area contributed by atoms with Gasteiger partial charge in [-0.15, -0.1) is 0 Å². The topological polar surface area (TPSA) is 82.2 Å². The zero-order valence-corrected chi connectivity index (χ0v) is 22.3. The molecule has 11 heteroatoms. The minimum Gasteiger partial charge on any atom is -0.444 e. The Balaban J connectivity index is 1.61. The number of nitrogens with one attached hydrogen (secondary N) is 1. The molecule has 0 radical (unpaired) electrons. The molecule has 0 spiro atoms. The van der Waals surface area contributed by atoms with E-state index >= 15 is 0 Å². The second-order valence-corrected chi connectivity index (χ2v) is 11.4. The van der Waals surface area contributed by atoms with Gasteiger partial charge < -0.3 is 24.8 Å². The van der Waals surface area contributed by atoms with Crippen molar-refractivity contribution in [2.75, 3.05) is 42.9 Å². The number of hydrogen-bond donors (Lipinski definition) is 1. The maximum absolute atomic E-state index is 14.2. The molecule has 1 saturated carbocycles. The maximum Gasteiger partial charge on any atom is 0.410 e. The van der Waals surface area contributed by atoms with Gasteiger partial charge in [-0.05, 0) is 64.7 Å². The van der Waals surface area contributed by atoms with Crippen LogP contribution in [0.25, 0.3) is 0 Å². The van der Waals surface area contributed by atoms with Crippen molar-refractivity contribution in [1.29, 1.82) is 0 Å². The molecule has 210 valence electrons. The highest BCUT2D eigenvalue weighted by Gasteiger charge is 2.50. The second kappa shape index (κ2) is 11.0. The summed E-state index contributed by atoms with van der Waals surface area (Å²) < 4.78 is 47.9. The average Bonchev–Trinajstić information content (AvgIpc) is 3.69. The van der Waals surface area contributed by atoms with Gasteiger partial charge in [0, 0.05) is 37.8 Å². The predicted molar refractivity (Wildman–Crippen MR) is 137 cm³/mol. The molecule has 2 aliphatic heterocycles. The number of alkyl halides is 3. The van der Waals surface area contributed by atoms with Crippen LogP contribution in [-0.2, 0) is 9.53 Å². The van der Waals surface area contributed by atoms with E-state index in [4.69, 9.17) is 4.74 Å². The number of anilines is 2. The van der Waals surface area contributed by atoms with Crippen LogP contribution in [0.4, 0.5) is 29.3 Å². The van der Waals surface area contributed by atoms with Crippen LogP contribution in [0.15, 0.2) is 18.2 Å². The van der Waals surface area contributed by atoms with Gasteiger partial charge in [-0.25, -0.2) is 4.79 Å². The summed E-state index contributed by atoms with van der Waals surface area (Å²) in [6, 6.07) is 2.63. The van der Waals surface area contributed by atoms with Gasteiger partial charge in [0.25, 0.3) is 5.91 Å². The monoisotopic (exact) mass is 538 g/mol. The molecule has 38 heavy (non-hydrogen) atoms. The lowest BCUT2D eigenvalue weighted by Crippen LogP contribution is -2.62. The molecule has 3 aliphatic rings. The highest BCUT2D eigenvalue weighted by Crippen LogP contribution is 2.35. The van der Waals surface area contributed by atoms with Crippen molar-refractivity contribution >= 4 is 29.3 Å². The van der Waals surface area contributed by atoms with Crippen molar-refractivity contribution in [2.24, 2.45) is 5.92 Å². The maximum atomic E-state index is 14.2. The summed E-state index contributed by atoms with van der Waals surface area (Å²) in [5, 5.41) is 2.89. The summed E-state index contributed by atoms with van der Waals surface area (Å²) in [6.45, 7) is 5.25. The number of halogens is 3. The second-order valence-electron chi connectivity index (χ2n) is 11.4. The summed E-state index contributed by atoms with van der Waals surface area (Å²) in [5.74, 6) is -0.830. The van der Waals surface area contributed by atoms with Gasteiger partial charge in [0.15, 0.2) is 0 Å². The summed E-state index contributed by atoms with van der Waals surface area (Å²) >= 11 is 0. The summed E-state index contributed by atoms with van der Waals surface area (Å²) in [5.41, 5.74) is 0.369. The first-order chi connectivity index (χ1) is 17.8. The number of hydrogen-bond acceptors (Lipinski definition) is 5. The van der Waals surface area contributed by atoms with Gasteiger partial charge in [0.05, 0.1) is 17.8 Å². The average molecular weight is 539 g/mol. The molecule has 2 heterocycles. The Morgan fingerprint density at radius 1 is 0.947 bits per heavy atom. The van der Waals surface area contributed by atoms with Crippen molar-refractivity contribution in [3.63, 3.8) is 0 Å². The number of piperazine rings is 1. The van der Waals surface area contributed by atoms with Crippen LogP contribution in [0.5, 0.6) is 0 Å². The molecule has 2 saturated heterocycles. The molecular formula is C27H37F3N4O4. The number of carbonyl (C=O) groups is 3. The molecule has 4 rings (SSSR count). The van der Waals surface area contributed by atoms with Gasteiger partial charge in [0.1, 0.15) is 11.6 Å². The highest BCUT2D eigenvalue weighted by molar-refractivity contribution is 6.02. The SMILES string of the molecule is CC(C)(C)OC(=O)N1CCN(C(=O)c2ccc(NC(=O)C3CC3)cc2N2CCCCCC2)C(C(F)(F)F)C1. The standard InChI is InChI=1S/C27H37F3N4O4/c1-26(2,3)38-25(37)33-14-15-34(22(17-33)27(28,29)30)24(36)20-11-10-19(31-23(35)18-8-9-18)16-21(20)32-12-6-4-5-7-13-32/h10-11,16,18,22H,4-9,12-15,17H2,1-3H3,(H,31,35). The van der Waals surface area contributed by atoms with E-state index in [1.807, 2.05) is 4.90 Å². The van der Waals surface area contributed by atoms with E-state index in [9.17, 15) is 27.6 Å². The molecule has 0 bridgehead atoms. The van der Waals surface area contributed by atoms with Gasteiger partial charge in [-0.2, -0.15) is 13.2 Å². The molecule has 1 unspecified atom stereocenters. The summed E-state index contributed by atoms with van der Waals surface area (Å²) in [4.78, 5) is 42.4. The van der Waals surface area contributed by atoms with Gasteiger partial charge in [0.2, 0.25) is 5.91 Å². The molecular weight excluding hydrogens is 501 g/mol. The Labute approximate surface area is 221 Å². The van der Waals surface area contributed by atoms with Gasteiger partial charge in [-0.3, -0.25) is 9.59 Å². The molecule has 3 amide bonds. The van der Waals surface area contributed by atoms with Crippen LogP contribution in [-0.4, -0.2) is 78.3 Å². The van der Waals surface area contributed by atoms with E-state index in [2.05, 4.69) is 5.32 Å². The largest absolute Gasteiger partial charge is 0.444 e. The fraction of sp³-hybridized carbons (Fsp3) is 0.667. The Morgan fingerprint density at radius 3 is 2.18 bits per heavy atom. The van der Waals surface area contributed by atoms with Crippen molar-refractivity contribution in [3.8, 4) is 0 Å². The van der Waals surface area contributed by atoms with Crippen molar-refractivity contribution in [3.05, 3.63) is 23.8 Å².